The van der Waals surface area contributed by atoms with Gasteiger partial charge in [0, 0.05) is 39.3 Å². The zero-order chi connectivity index (χ0) is 25.6. The molecule has 0 unspecified atom stereocenters. The van der Waals surface area contributed by atoms with E-state index in [2.05, 4.69) is 15.3 Å². The number of rotatable bonds is 9. The van der Waals surface area contributed by atoms with E-state index in [1.165, 1.54) is 12.1 Å². The quantitative estimate of drug-likeness (QED) is 0.478. The molecule has 5 rings (SSSR count). The van der Waals surface area contributed by atoms with Crippen LogP contribution in [0.1, 0.15) is 32.1 Å². The first kappa shape index (κ1) is 24.9. The summed E-state index contributed by atoms with van der Waals surface area (Å²) in [6.45, 7) is 5.55. The highest BCUT2D eigenvalue weighted by atomic mass is 19.1. The molecule has 2 amide bonds. The number of hydrogen-bond donors (Lipinski definition) is 1. The summed E-state index contributed by atoms with van der Waals surface area (Å²) in [5.74, 6) is -0.802. The summed E-state index contributed by atoms with van der Waals surface area (Å²) in [6, 6.07) is 15.6. The number of nitrogens with one attached hydrogen (secondary N) is 1. The van der Waals surface area contributed by atoms with E-state index in [1.54, 1.807) is 21.7 Å². The lowest BCUT2D eigenvalue weighted by Gasteiger charge is -2.28. The summed E-state index contributed by atoms with van der Waals surface area (Å²) < 4.78 is 26.4. The number of hydrogen-bond acceptors (Lipinski definition) is 6. The maximum atomic E-state index is 13.5. The Bertz CT molecular complexity index is 1230. The second-order valence-electron chi connectivity index (χ2n) is 9.09. The maximum absolute atomic E-state index is 13.5. The largest absolute Gasteiger partial charge is 0.484 e. The normalized spacial score (nSPS) is 15.9. The summed E-state index contributed by atoms with van der Waals surface area (Å²) in [5.41, 5.74) is 2.08. The molecular formula is C27H30FN5O4. The van der Waals surface area contributed by atoms with Crippen LogP contribution in [-0.2, 0) is 24.4 Å². The van der Waals surface area contributed by atoms with Crippen LogP contribution in [0.5, 0.6) is 5.75 Å². The van der Waals surface area contributed by atoms with E-state index in [0.29, 0.717) is 45.9 Å². The van der Waals surface area contributed by atoms with E-state index in [9.17, 15) is 14.0 Å². The minimum absolute atomic E-state index is 0.102. The fourth-order valence-corrected chi connectivity index (χ4v) is 4.49. The molecule has 0 bridgehead atoms. The molecule has 1 fully saturated rings. The predicted molar refractivity (Wildman–Crippen MR) is 134 cm³/mol. The van der Waals surface area contributed by atoms with Crippen molar-refractivity contribution in [1.82, 2.24) is 24.9 Å². The molecule has 2 aliphatic rings. The van der Waals surface area contributed by atoms with Gasteiger partial charge in [0.15, 0.2) is 17.1 Å². The van der Waals surface area contributed by atoms with Crippen LogP contribution in [0.15, 0.2) is 54.6 Å². The summed E-state index contributed by atoms with van der Waals surface area (Å²) in [6.07, 6.45) is 0. The first-order chi connectivity index (χ1) is 18.1. The third-order valence-corrected chi connectivity index (χ3v) is 6.53. The van der Waals surface area contributed by atoms with Crippen molar-refractivity contribution in [3.63, 3.8) is 0 Å². The summed E-state index contributed by atoms with van der Waals surface area (Å²) in [7, 11) is 0. The van der Waals surface area contributed by atoms with Crippen molar-refractivity contribution in [2.45, 2.75) is 19.7 Å². The number of carbonyl (C=O) groups excluding carboxylic acids is 2. The van der Waals surface area contributed by atoms with Crippen LogP contribution in [0.2, 0.25) is 0 Å². The van der Waals surface area contributed by atoms with Crippen molar-refractivity contribution >= 4 is 11.8 Å². The third kappa shape index (κ3) is 5.98. The van der Waals surface area contributed by atoms with Crippen LogP contribution < -0.4 is 10.1 Å². The number of amides is 2. The van der Waals surface area contributed by atoms with Gasteiger partial charge in [0.25, 0.3) is 11.8 Å². The summed E-state index contributed by atoms with van der Waals surface area (Å²) in [4.78, 5) is 30.6. The Labute approximate surface area is 214 Å². The van der Waals surface area contributed by atoms with Crippen LogP contribution in [-0.4, -0.2) is 77.3 Å². The zero-order valence-electron chi connectivity index (χ0n) is 20.6. The van der Waals surface area contributed by atoms with Crippen molar-refractivity contribution in [2.24, 2.45) is 0 Å². The summed E-state index contributed by atoms with van der Waals surface area (Å²) >= 11 is 0. The number of aromatic nitrogens is 2. The number of fused-ring (bicyclic) bond motifs is 1. The molecule has 0 saturated carbocycles. The smallest absolute Gasteiger partial charge is 0.276 e. The Morgan fingerprint density at radius 3 is 2.51 bits per heavy atom. The lowest BCUT2D eigenvalue weighted by atomic mass is 10.1. The third-order valence-electron chi connectivity index (χ3n) is 6.53. The monoisotopic (exact) mass is 507 g/mol. The topological polar surface area (TPSA) is 88.9 Å². The van der Waals surface area contributed by atoms with Gasteiger partial charge >= 0.3 is 0 Å². The van der Waals surface area contributed by atoms with Gasteiger partial charge in [0.05, 0.1) is 19.8 Å². The first-order valence-electron chi connectivity index (χ1n) is 12.5. The summed E-state index contributed by atoms with van der Waals surface area (Å²) in [5, 5.41) is 7.41. The molecule has 1 saturated heterocycles. The molecule has 194 valence electrons. The number of nitrogens with zero attached hydrogens (tertiary/aromatic N) is 4. The number of halogens is 1. The van der Waals surface area contributed by atoms with Gasteiger partial charge in [-0.1, -0.05) is 42.5 Å². The lowest BCUT2D eigenvalue weighted by molar-refractivity contribution is 0.0383. The fourth-order valence-electron chi connectivity index (χ4n) is 4.49. The van der Waals surface area contributed by atoms with Crippen molar-refractivity contribution < 1.29 is 23.5 Å². The zero-order valence-corrected chi connectivity index (χ0v) is 20.6. The molecule has 2 aromatic carbocycles. The second kappa shape index (κ2) is 11.5. The van der Waals surface area contributed by atoms with Crippen LogP contribution >= 0.6 is 0 Å². The Morgan fingerprint density at radius 1 is 1.00 bits per heavy atom. The SMILES string of the molecule is O=C(NCCN1CCOCC1)c1nn2c(c1OCc1ccccc1)C(=O)N(Cc1ccc(F)cc1)CC2. The molecule has 37 heavy (non-hydrogen) atoms. The maximum Gasteiger partial charge on any atom is 0.276 e. The molecule has 0 atom stereocenters. The van der Waals surface area contributed by atoms with E-state index >= 15 is 0 Å². The molecule has 2 aliphatic heterocycles. The minimum Gasteiger partial charge on any atom is -0.484 e. The van der Waals surface area contributed by atoms with Crippen molar-refractivity contribution in [2.75, 3.05) is 45.9 Å². The van der Waals surface area contributed by atoms with Crippen molar-refractivity contribution in [1.29, 1.82) is 0 Å². The van der Waals surface area contributed by atoms with Gasteiger partial charge in [-0.15, -0.1) is 0 Å². The standard InChI is InChI=1S/C27H30FN5O4/c28-22-8-6-20(7-9-22)18-32-12-13-33-24(27(32)35)25(37-19-21-4-2-1-3-5-21)23(30-33)26(34)29-10-11-31-14-16-36-17-15-31/h1-9H,10-19H2,(H,29,34). The Balaban J connectivity index is 1.35. The Hall–Kier alpha value is -3.76. The van der Waals surface area contributed by atoms with Crippen molar-refractivity contribution in [3.05, 3.63) is 82.9 Å². The highest BCUT2D eigenvalue weighted by molar-refractivity contribution is 6.02. The van der Waals surface area contributed by atoms with E-state index in [-0.39, 0.29) is 41.4 Å². The lowest BCUT2D eigenvalue weighted by Crippen LogP contribution is -2.41. The highest BCUT2D eigenvalue weighted by Crippen LogP contribution is 2.29. The first-order valence-corrected chi connectivity index (χ1v) is 12.5. The van der Waals surface area contributed by atoms with E-state index in [1.807, 2.05) is 30.3 Å². The molecule has 0 aliphatic carbocycles. The van der Waals surface area contributed by atoms with Gasteiger partial charge in [0.1, 0.15) is 12.4 Å². The Kier molecular flexibility index (Phi) is 7.76. The second-order valence-corrected chi connectivity index (χ2v) is 9.09. The molecular weight excluding hydrogens is 477 g/mol. The number of ether oxygens (including phenoxy) is 2. The fraction of sp³-hybridized carbons (Fsp3) is 0.370. The van der Waals surface area contributed by atoms with Crippen molar-refractivity contribution in [3.8, 4) is 5.75 Å². The van der Waals surface area contributed by atoms with E-state index < -0.39 is 0 Å². The van der Waals surface area contributed by atoms with Crippen LogP contribution in [0, 0.1) is 5.82 Å². The van der Waals surface area contributed by atoms with Crippen LogP contribution in [0.25, 0.3) is 0 Å². The van der Waals surface area contributed by atoms with E-state index in [4.69, 9.17) is 9.47 Å². The minimum atomic E-state index is -0.379. The average molecular weight is 508 g/mol. The van der Waals surface area contributed by atoms with Gasteiger partial charge in [-0.05, 0) is 23.3 Å². The van der Waals surface area contributed by atoms with Gasteiger partial charge in [-0.25, -0.2) is 4.39 Å². The molecule has 1 N–H and O–H groups in total. The highest BCUT2D eigenvalue weighted by Gasteiger charge is 2.34. The number of benzene rings is 2. The molecule has 9 nitrogen and oxygen atoms in total. The molecule has 3 heterocycles. The average Bonchev–Trinajstić information content (AvgIpc) is 3.31. The van der Waals surface area contributed by atoms with Gasteiger partial charge < -0.3 is 19.7 Å². The number of morpholine rings is 1. The molecule has 0 spiro atoms. The molecule has 3 aromatic rings. The predicted octanol–water partition coefficient (Wildman–Crippen LogP) is 2.32. The molecule has 1 aromatic heterocycles. The number of carbonyl (C=O) groups is 2. The molecule has 0 radical (unpaired) electrons. The van der Waals surface area contributed by atoms with Gasteiger partial charge in [-0.3, -0.25) is 19.2 Å². The van der Waals surface area contributed by atoms with Crippen LogP contribution in [0.3, 0.4) is 0 Å². The van der Waals surface area contributed by atoms with E-state index in [0.717, 1.165) is 24.2 Å². The van der Waals surface area contributed by atoms with Gasteiger partial charge in [0.2, 0.25) is 0 Å². The Morgan fingerprint density at radius 2 is 1.76 bits per heavy atom. The van der Waals surface area contributed by atoms with Gasteiger partial charge in [-0.2, -0.15) is 5.10 Å². The van der Waals surface area contributed by atoms with Crippen LogP contribution in [0.4, 0.5) is 4.39 Å². The molecule has 10 heteroatoms.